The molecule has 0 aliphatic carbocycles. The lowest BCUT2D eigenvalue weighted by atomic mass is 10.2. The van der Waals surface area contributed by atoms with Gasteiger partial charge < -0.3 is 4.90 Å². The maximum absolute atomic E-state index is 12.7. The van der Waals surface area contributed by atoms with Crippen LogP contribution in [0.2, 0.25) is 10.0 Å². The number of para-hydroxylation sites is 1. The molecule has 150 valence electrons. The number of rotatable bonds is 6. The lowest BCUT2D eigenvalue weighted by Gasteiger charge is -2.33. The molecule has 1 heterocycles. The fraction of sp³-hybridized carbons (Fsp3) is 0.143. The van der Waals surface area contributed by atoms with Crippen LogP contribution in [0.25, 0.3) is 0 Å². The van der Waals surface area contributed by atoms with Crippen molar-refractivity contribution in [2.75, 3.05) is 18.0 Å². The highest BCUT2D eigenvalue weighted by molar-refractivity contribution is 7.99. The van der Waals surface area contributed by atoms with Crippen LogP contribution < -0.4 is 9.62 Å². The number of nitrogens with zero attached hydrogens (tertiary/aromatic N) is 1. The Morgan fingerprint density at radius 2 is 1.62 bits per heavy atom. The van der Waals surface area contributed by atoms with E-state index in [1.807, 2.05) is 30.3 Å². The van der Waals surface area contributed by atoms with Crippen LogP contribution in [-0.4, -0.2) is 17.3 Å². The number of hydrogen-bond donors (Lipinski definition) is 2. The second-order valence-electron chi connectivity index (χ2n) is 6.59. The normalized spacial score (nSPS) is 14.8. The number of anilines is 2. The van der Waals surface area contributed by atoms with Gasteiger partial charge in [-0.05, 0) is 61.0 Å². The highest BCUT2D eigenvalue weighted by Crippen LogP contribution is 2.48. The van der Waals surface area contributed by atoms with E-state index in [1.165, 1.54) is 4.90 Å². The van der Waals surface area contributed by atoms with Crippen LogP contribution in [0.3, 0.4) is 0 Å². The molecule has 0 amide bonds. The van der Waals surface area contributed by atoms with E-state index in [1.54, 1.807) is 36.0 Å². The van der Waals surface area contributed by atoms with Crippen LogP contribution >= 0.6 is 35.0 Å². The zero-order chi connectivity index (χ0) is 20.4. The summed E-state index contributed by atoms with van der Waals surface area (Å²) in [4.78, 5) is 5.02. The van der Waals surface area contributed by atoms with E-state index < -0.39 is 9.92 Å². The Morgan fingerprint density at radius 3 is 2.41 bits per heavy atom. The van der Waals surface area contributed by atoms with Crippen molar-refractivity contribution < 1.29 is 4.21 Å². The predicted molar refractivity (Wildman–Crippen MR) is 122 cm³/mol. The van der Waals surface area contributed by atoms with Crippen LogP contribution in [0.1, 0.15) is 6.42 Å². The summed E-state index contributed by atoms with van der Waals surface area (Å²) in [6, 6.07) is 20.7. The van der Waals surface area contributed by atoms with Gasteiger partial charge in [-0.2, -0.15) is 0 Å². The molecule has 29 heavy (non-hydrogen) atoms. The fourth-order valence-corrected chi connectivity index (χ4v) is 5.69. The Bertz CT molecular complexity index is 1130. The molecule has 0 fully saturated rings. The molecule has 4 rings (SSSR count). The van der Waals surface area contributed by atoms with Gasteiger partial charge in [0, 0.05) is 32.9 Å². The summed E-state index contributed by atoms with van der Waals surface area (Å²) in [5.74, 6) is 0. The van der Waals surface area contributed by atoms with Crippen molar-refractivity contribution in [2.45, 2.75) is 21.1 Å². The van der Waals surface area contributed by atoms with E-state index in [-0.39, 0.29) is 0 Å². The summed E-state index contributed by atoms with van der Waals surface area (Å²) in [6.07, 6.45) is 0.717. The van der Waals surface area contributed by atoms with Crippen molar-refractivity contribution in [2.24, 2.45) is 0 Å². The second-order valence-corrected chi connectivity index (χ2v) is 10.4. The summed E-state index contributed by atoms with van der Waals surface area (Å²) < 4.78 is 23.7. The maximum atomic E-state index is 12.7. The first-order valence-corrected chi connectivity index (χ1v) is 12.2. The quantitative estimate of drug-likeness (QED) is 0.405. The first-order valence-electron chi connectivity index (χ1n) is 9.07. The topological polar surface area (TPSA) is 56.2 Å². The molecule has 4 nitrogen and oxygen atoms in total. The van der Waals surface area contributed by atoms with Crippen molar-refractivity contribution >= 4 is 56.3 Å². The number of hydrogen-bond acceptors (Lipinski definition) is 4. The van der Waals surface area contributed by atoms with Gasteiger partial charge in [0.25, 0.3) is 0 Å². The standard InChI is InChI=1S/C21H19Cl2N3OS2/c22-15-6-9-17(10-7-15)29(24,27)25-12-3-13-26-18-4-1-2-5-20(18)28-21-11-8-16(23)14-19(21)26/h1-2,4-11,14H,3,12-13H2,(H2,24,25,27). The molecule has 0 aromatic heterocycles. The van der Waals surface area contributed by atoms with E-state index in [2.05, 4.69) is 21.8 Å². The van der Waals surface area contributed by atoms with E-state index in [9.17, 15) is 4.21 Å². The zero-order valence-electron chi connectivity index (χ0n) is 15.4. The average Bonchev–Trinajstić information content (AvgIpc) is 2.71. The Hall–Kier alpha value is -1.70. The number of nitrogens with one attached hydrogen (secondary N) is 2. The lowest BCUT2D eigenvalue weighted by Crippen LogP contribution is -2.28. The third-order valence-electron chi connectivity index (χ3n) is 4.60. The minimum absolute atomic E-state index is 0.429. The first kappa shape index (κ1) is 20.6. The van der Waals surface area contributed by atoms with Gasteiger partial charge in [0.15, 0.2) is 0 Å². The van der Waals surface area contributed by atoms with Gasteiger partial charge in [-0.25, -0.2) is 13.7 Å². The fourth-order valence-electron chi connectivity index (χ4n) is 3.21. The molecule has 8 heteroatoms. The number of benzene rings is 3. The summed E-state index contributed by atoms with van der Waals surface area (Å²) in [6.45, 7) is 1.17. The molecule has 2 N–H and O–H groups in total. The van der Waals surface area contributed by atoms with Gasteiger partial charge in [-0.3, -0.25) is 0 Å². The summed E-state index contributed by atoms with van der Waals surface area (Å²) in [7, 11) is -3.06. The molecular formula is C21H19Cl2N3OS2. The van der Waals surface area contributed by atoms with Gasteiger partial charge in [-0.1, -0.05) is 47.1 Å². The Kier molecular flexibility index (Phi) is 6.08. The van der Waals surface area contributed by atoms with Gasteiger partial charge in [0.05, 0.1) is 16.3 Å². The van der Waals surface area contributed by atoms with Crippen LogP contribution in [0, 0.1) is 4.78 Å². The van der Waals surface area contributed by atoms with Crippen LogP contribution in [0.4, 0.5) is 11.4 Å². The lowest BCUT2D eigenvalue weighted by molar-refractivity contribution is 0.657. The third-order valence-corrected chi connectivity index (χ3v) is 7.76. The van der Waals surface area contributed by atoms with Crippen molar-refractivity contribution in [1.82, 2.24) is 4.72 Å². The molecular weight excluding hydrogens is 445 g/mol. The van der Waals surface area contributed by atoms with Gasteiger partial charge >= 0.3 is 0 Å². The smallest absolute Gasteiger partial charge is 0.134 e. The van der Waals surface area contributed by atoms with Crippen LogP contribution in [-0.2, 0) is 9.92 Å². The highest BCUT2D eigenvalue weighted by Gasteiger charge is 2.23. The number of fused-ring (bicyclic) bond motifs is 2. The predicted octanol–water partition coefficient (Wildman–Crippen LogP) is 6.60. The van der Waals surface area contributed by atoms with Crippen molar-refractivity contribution in [3.63, 3.8) is 0 Å². The van der Waals surface area contributed by atoms with E-state index in [4.69, 9.17) is 28.0 Å². The Labute approximate surface area is 185 Å². The molecule has 0 saturated carbocycles. The molecule has 1 atom stereocenters. The van der Waals surface area contributed by atoms with Crippen molar-refractivity contribution in [1.29, 1.82) is 4.78 Å². The zero-order valence-corrected chi connectivity index (χ0v) is 18.5. The monoisotopic (exact) mass is 463 g/mol. The number of halogens is 2. The van der Waals surface area contributed by atoms with Gasteiger partial charge in [0.1, 0.15) is 9.92 Å². The van der Waals surface area contributed by atoms with Crippen LogP contribution in [0.15, 0.2) is 81.4 Å². The van der Waals surface area contributed by atoms with Gasteiger partial charge in [0.2, 0.25) is 0 Å². The largest absolute Gasteiger partial charge is 0.340 e. The summed E-state index contributed by atoms with van der Waals surface area (Å²) >= 11 is 13.9. The minimum Gasteiger partial charge on any atom is -0.340 e. The summed E-state index contributed by atoms with van der Waals surface area (Å²) in [5, 5.41) is 1.26. The average molecular weight is 464 g/mol. The molecule has 1 aliphatic rings. The molecule has 3 aromatic carbocycles. The molecule has 0 bridgehead atoms. The van der Waals surface area contributed by atoms with E-state index in [0.29, 0.717) is 34.5 Å². The Morgan fingerprint density at radius 1 is 0.931 bits per heavy atom. The molecule has 3 aromatic rings. The molecule has 1 unspecified atom stereocenters. The molecule has 0 saturated heterocycles. The summed E-state index contributed by atoms with van der Waals surface area (Å²) in [5.41, 5.74) is 2.21. The van der Waals surface area contributed by atoms with Crippen molar-refractivity contribution in [3.8, 4) is 0 Å². The minimum atomic E-state index is -3.06. The maximum Gasteiger partial charge on any atom is 0.134 e. The third kappa shape index (κ3) is 4.57. The highest BCUT2D eigenvalue weighted by atomic mass is 35.5. The van der Waals surface area contributed by atoms with Crippen molar-refractivity contribution in [3.05, 3.63) is 76.8 Å². The molecule has 0 spiro atoms. The second kappa shape index (κ2) is 8.58. The Balaban J connectivity index is 1.47. The van der Waals surface area contributed by atoms with Crippen LogP contribution in [0.5, 0.6) is 0 Å². The first-order chi connectivity index (χ1) is 13.9. The van der Waals surface area contributed by atoms with E-state index >= 15 is 0 Å². The van der Waals surface area contributed by atoms with Gasteiger partial charge in [-0.15, -0.1) is 0 Å². The SMILES string of the molecule is N=S(=O)(NCCCN1c2ccccc2Sc2ccc(Cl)cc21)c1ccc(Cl)cc1. The molecule has 1 aliphatic heterocycles. The van der Waals surface area contributed by atoms with E-state index in [0.717, 1.165) is 16.3 Å². The molecule has 0 radical (unpaired) electrons.